The molecular formula is C17H22ClN3O2. The summed E-state index contributed by atoms with van der Waals surface area (Å²) in [6, 6.07) is 8.01. The summed E-state index contributed by atoms with van der Waals surface area (Å²) in [7, 11) is 1.67. The van der Waals surface area contributed by atoms with Gasteiger partial charge in [-0.15, -0.1) is 12.4 Å². The highest BCUT2D eigenvalue weighted by Gasteiger charge is 2.51. The van der Waals surface area contributed by atoms with Crippen molar-refractivity contribution in [3.8, 4) is 5.75 Å². The molecule has 0 unspecified atom stereocenters. The Bertz CT molecular complexity index is 646. The van der Waals surface area contributed by atoms with Crippen LogP contribution in [0.3, 0.4) is 0 Å². The zero-order valence-corrected chi connectivity index (χ0v) is 14.1. The predicted octanol–water partition coefficient (Wildman–Crippen LogP) is 2.73. The van der Waals surface area contributed by atoms with Crippen LogP contribution in [0.4, 0.5) is 0 Å². The number of fused-ring (bicyclic) bond motifs is 1. The van der Waals surface area contributed by atoms with E-state index >= 15 is 0 Å². The lowest BCUT2D eigenvalue weighted by molar-refractivity contribution is 0.264. The molecule has 0 bridgehead atoms. The van der Waals surface area contributed by atoms with Crippen LogP contribution in [0.15, 0.2) is 28.8 Å². The van der Waals surface area contributed by atoms with Crippen LogP contribution in [-0.2, 0) is 11.8 Å². The number of halogens is 1. The molecule has 2 atom stereocenters. The van der Waals surface area contributed by atoms with Crippen LogP contribution >= 0.6 is 12.4 Å². The average molecular weight is 336 g/mol. The summed E-state index contributed by atoms with van der Waals surface area (Å²) in [5.74, 6) is 3.12. The minimum atomic E-state index is 0. The van der Waals surface area contributed by atoms with Crippen molar-refractivity contribution >= 4 is 12.4 Å². The van der Waals surface area contributed by atoms with Crippen molar-refractivity contribution in [3.05, 3.63) is 41.5 Å². The minimum absolute atomic E-state index is 0. The van der Waals surface area contributed by atoms with Gasteiger partial charge in [0, 0.05) is 13.0 Å². The second kappa shape index (κ2) is 6.49. The van der Waals surface area contributed by atoms with E-state index in [0.29, 0.717) is 12.3 Å². The van der Waals surface area contributed by atoms with Crippen molar-refractivity contribution < 1.29 is 9.26 Å². The molecule has 6 heteroatoms. The van der Waals surface area contributed by atoms with Crippen LogP contribution in [0.25, 0.3) is 0 Å². The van der Waals surface area contributed by atoms with Gasteiger partial charge in [-0.2, -0.15) is 4.98 Å². The number of nitrogens with zero attached hydrogens (tertiary/aromatic N) is 2. The molecule has 4 rings (SSSR count). The van der Waals surface area contributed by atoms with Crippen LogP contribution in [0.5, 0.6) is 5.75 Å². The van der Waals surface area contributed by atoms with Crippen molar-refractivity contribution in [2.45, 2.75) is 31.1 Å². The van der Waals surface area contributed by atoms with Gasteiger partial charge in [0.1, 0.15) is 5.75 Å². The van der Waals surface area contributed by atoms with Crippen molar-refractivity contribution in [1.29, 1.82) is 0 Å². The highest BCUT2D eigenvalue weighted by Crippen LogP contribution is 2.47. The van der Waals surface area contributed by atoms with Crippen molar-refractivity contribution in [2.75, 3.05) is 20.2 Å². The van der Waals surface area contributed by atoms with Gasteiger partial charge in [0.15, 0.2) is 5.82 Å². The quantitative estimate of drug-likeness (QED) is 0.931. The van der Waals surface area contributed by atoms with E-state index < -0.39 is 0 Å². The third-order valence-corrected chi connectivity index (χ3v) is 5.20. The predicted molar refractivity (Wildman–Crippen MR) is 89.2 cm³/mol. The highest BCUT2D eigenvalue weighted by atomic mass is 35.5. The fourth-order valence-electron chi connectivity index (χ4n) is 3.96. The van der Waals surface area contributed by atoms with E-state index in [1.807, 2.05) is 24.3 Å². The van der Waals surface area contributed by atoms with Gasteiger partial charge in [0.25, 0.3) is 0 Å². The Morgan fingerprint density at radius 1 is 1.35 bits per heavy atom. The van der Waals surface area contributed by atoms with E-state index in [2.05, 4.69) is 10.5 Å². The second-order valence-corrected chi connectivity index (χ2v) is 6.42. The molecule has 0 spiro atoms. The molecule has 124 valence electrons. The summed E-state index contributed by atoms with van der Waals surface area (Å²) in [5.41, 5.74) is 1.25. The lowest BCUT2D eigenvalue weighted by atomic mass is 9.80. The van der Waals surface area contributed by atoms with Gasteiger partial charge < -0.3 is 14.6 Å². The zero-order valence-electron chi connectivity index (χ0n) is 13.2. The SMILES string of the molecule is COc1ccc(Cc2noc([C@@]34CCC[C@@H]3CNC4)n2)cc1.Cl. The number of aromatic nitrogens is 2. The standard InChI is InChI=1S/C17H21N3O2.ClH/c1-21-14-6-4-12(5-7-14)9-15-19-16(22-20-15)17-8-2-3-13(17)10-18-11-17;/h4-7,13,18H,2-3,8-11H2,1H3;1H/t13-,17-;/m1./s1. The normalized spacial score (nSPS) is 25.9. The van der Waals surface area contributed by atoms with Crippen LogP contribution in [0.1, 0.15) is 36.5 Å². The first kappa shape index (κ1) is 16.3. The number of rotatable bonds is 4. The number of methoxy groups -OCH3 is 1. The Kier molecular flexibility index (Phi) is 4.60. The number of hydrogen-bond donors (Lipinski definition) is 1. The third kappa shape index (κ3) is 2.83. The Hall–Kier alpha value is -1.59. The monoisotopic (exact) mass is 335 g/mol. The van der Waals surface area contributed by atoms with E-state index in [-0.39, 0.29) is 17.8 Å². The van der Waals surface area contributed by atoms with Crippen LogP contribution < -0.4 is 10.1 Å². The zero-order chi connectivity index (χ0) is 15.0. The van der Waals surface area contributed by atoms with E-state index in [9.17, 15) is 0 Å². The molecule has 23 heavy (non-hydrogen) atoms. The molecule has 1 aromatic heterocycles. The summed E-state index contributed by atoms with van der Waals surface area (Å²) in [6.07, 6.45) is 4.39. The lowest BCUT2D eigenvalue weighted by Crippen LogP contribution is -2.31. The largest absolute Gasteiger partial charge is 0.497 e. The molecule has 1 saturated carbocycles. The third-order valence-electron chi connectivity index (χ3n) is 5.20. The van der Waals surface area contributed by atoms with Crippen LogP contribution in [-0.4, -0.2) is 30.3 Å². The van der Waals surface area contributed by atoms with Crippen molar-refractivity contribution in [3.63, 3.8) is 0 Å². The van der Waals surface area contributed by atoms with E-state index in [4.69, 9.17) is 14.2 Å². The molecule has 1 N–H and O–H groups in total. The maximum Gasteiger partial charge on any atom is 0.234 e. The smallest absolute Gasteiger partial charge is 0.234 e. The van der Waals surface area contributed by atoms with Gasteiger partial charge in [0.05, 0.1) is 12.5 Å². The molecule has 2 fully saturated rings. The Balaban J connectivity index is 0.00000156. The van der Waals surface area contributed by atoms with Crippen LogP contribution in [0, 0.1) is 5.92 Å². The molecule has 1 aliphatic carbocycles. The molecule has 0 radical (unpaired) electrons. The highest BCUT2D eigenvalue weighted by molar-refractivity contribution is 5.85. The summed E-state index contributed by atoms with van der Waals surface area (Å²) in [4.78, 5) is 4.71. The molecule has 2 aliphatic rings. The topological polar surface area (TPSA) is 60.2 Å². The van der Waals surface area contributed by atoms with Gasteiger partial charge >= 0.3 is 0 Å². The fourth-order valence-corrected chi connectivity index (χ4v) is 3.96. The molecule has 5 nitrogen and oxygen atoms in total. The maximum absolute atomic E-state index is 5.64. The van der Waals surface area contributed by atoms with Gasteiger partial charge in [-0.3, -0.25) is 0 Å². The fraction of sp³-hybridized carbons (Fsp3) is 0.529. The molecule has 1 saturated heterocycles. The van der Waals surface area contributed by atoms with E-state index in [0.717, 1.165) is 42.5 Å². The number of nitrogens with one attached hydrogen (secondary N) is 1. The average Bonchev–Trinajstić information content (AvgIpc) is 3.22. The molecular weight excluding hydrogens is 314 g/mol. The Morgan fingerprint density at radius 3 is 2.96 bits per heavy atom. The van der Waals surface area contributed by atoms with E-state index in [1.165, 1.54) is 12.8 Å². The lowest BCUT2D eigenvalue weighted by Gasteiger charge is -2.22. The summed E-state index contributed by atoms with van der Waals surface area (Å²) < 4.78 is 10.8. The molecule has 1 aromatic carbocycles. The number of benzene rings is 1. The van der Waals surface area contributed by atoms with Crippen LogP contribution in [0.2, 0.25) is 0 Å². The number of ether oxygens (including phenoxy) is 1. The molecule has 2 heterocycles. The van der Waals surface area contributed by atoms with Gasteiger partial charge in [-0.25, -0.2) is 0 Å². The van der Waals surface area contributed by atoms with Gasteiger partial charge in [-0.05, 0) is 43.0 Å². The first-order chi connectivity index (χ1) is 10.8. The molecule has 1 aliphatic heterocycles. The van der Waals surface area contributed by atoms with Gasteiger partial charge in [0.2, 0.25) is 5.89 Å². The molecule has 2 aromatic rings. The van der Waals surface area contributed by atoms with Crippen molar-refractivity contribution in [1.82, 2.24) is 15.5 Å². The maximum atomic E-state index is 5.64. The first-order valence-corrected chi connectivity index (χ1v) is 7.97. The Morgan fingerprint density at radius 2 is 2.17 bits per heavy atom. The first-order valence-electron chi connectivity index (χ1n) is 7.97. The van der Waals surface area contributed by atoms with Gasteiger partial charge in [-0.1, -0.05) is 23.7 Å². The Labute approximate surface area is 142 Å². The van der Waals surface area contributed by atoms with Crippen molar-refractivity contribution in [2.24, 2.45) is 5.92 Å². The second-order valence-electron chi connectivity index (χ2n) is 6.42. The summed E-state index contributed by atoms with van der Waals surface area (Å²) in [5, 5.41) is 7.70. The minimum Gasteiger partial charge on any atom is -0.497 e. The summed E-state index contributed by atoms with van der Waals surface area (Å²) in [6.45, 7) is 2.05. The number of hydrogen-bond acceptors (Lipinski definition) is 5. The molecule has 0 amide bonds. The summed E-state index contributed by atoms with van der Waals surface area (Å²) >= 11 is 0. The van der Waals surface area contributed by atoms with E-state index in [1.54, 1.807) is 7.11 Å².